The highest BCUT2D eigenvalue weighted by Crippen LogP contribution is 2.23. The normalized spacial score (nSPS) is 10.5. The lowest BCUT2D eigenvalue weighted by atomic mass is 10.1. The Balaban J connectivity index is 1.83. The average Bonchev–Trinajstić information content (AvgIpc) is 2.57. The number of ether oxygens (including phenoxy) is 1. The van der Waals surface area contributed by atoms with Crippen LogP contribution in [0.2, 0.25) is 0 Å². The summed E-state index contributed by atoms with van der Waals surface area (Å²) >= 11 is 0. The number of hydrogen-bond acceptors (Lipinski definition) is 4. The van der Waals surface area contributed by atoms with Crippen molar-refractivity contribution in [2.45, 2.75) is 13.5 Å². The molecule has 0 heterocycles. The maximum atomic E-state index is 11.6. The quantitative estimate of drug-likeness (QED) is 0.646. The molecule has 2 rings (SSSR count). The van der Waals surface area contributed by atoms with Gasteiger partial charge in [-0.3, -0.25) is 10.1 Å². The summed E-state index contributed by atoms with van der Waals surface area (Å²) < 4.78 is 5.07. The zero-order chi connectivity index (χ0) is 17.4. The summed E-state index contributed by atoms with van der Waals surface area (Å²) in [4.78, 5) is 22.3. The number of nitro benzene ring substituents is 1. The summed E-state index contributed by atoms with van der Waals surface area (Å²) in [6.07, 6.45) is 2.72. The van der Waals surface area contributed by atoms with Crippen molar-refractivity contribution in [3.05, 3.63) is 81.4 Å². The Hall–Kier alpha value is -3.15. The van der Waals surface area contributed by atoms with E-state index >= 15 is 0 Å². The molecule has 6 heteroatoms. The van der Waals surface area contributed by atoms with Crippen LogP contribution in [0.25, 0.3) is 6.08 Å². The van der Waals surface area contributed by atoms with Crippen molar-refractivity contribution in [1.29, 1.82) is 0 Å². The summed E-state index contributed by atoms with van der Waals surface area (Å²) in [6.45, 7) is 2.10. The van der Waals surface area contributed by atoms with E-state index in [0.29, 0.717) is 11.1 Å². The van der Waals surface area contributed by atoms with Crippen molar-refractivity contribution in [3.63, 3.8) is 0 Å². The molecule has 2 aromatic rings. The van der Waals surface area contributed by atoms with Crippen molar-refractivity contribution >= 4 is 17.9 Å². The molecule has 6 nitrogen and oxygen atoms in total. The smallest absolute Gasteiger partial charge is 0.407 e. The molecule has 0 aliphatic carbocycles. The van der Waals surface area contributed by atoms with Gasteiger partial charge in [0.15, 0.2) is 0 Å². The Labute approximate surface area is 139 Å². The van der Waals surface area contributed by atoms with Gasteiger partial charge >= 0.3 is 6.09 Å². The van der Waals surface area contributed by atoms with Gasteiger partial charge in [-0.15, -0.1) is 0 Å². The van der Waals surface area contributed by atoms with Gasteiger partial charge < -0.3 is 10.1 Å². The lowest BCUT2D eigenvalue weighted by molar-refractivity contribution is -0.385. The molecule has 0 radical (unpaired) electrons. The third kappa shape index (κ3) is 4.95. The van der Waals surface area contributed by atoms with Gasteiger partial charge in [-0.05, 0) is 18.6 Å². The van der Waals surface area contributed by atoms with Crippen LogP contribution in [0.3, 0.4) is 0 Å². The average molecular weight is 326 g/mol. The second-order valence-corrected chi connectivity index (χ2v) is 5.11. The molecule has 0 saturated carbocycles. The fourth-order valence-corrected chi connectivity index (χ4v) is 2.17. The molecule has 24 heavy (non-hydrogen) atoms. The summed E-state index contributed by atoms with van der Waals surface area (Å²) in [5, 5.41) is 13.7. The highest BCUT2D eigenvalue weighted by molar-refractivity contribution is 5.68. The molecule has 0 spiro atoms. The van der Waals surface area contributed by atoms with E-state index in [9.17, 15) is 14.9 Å². The maximum absolute atomic E-state index is 11.6. The van der Waals surface area contributed by atoms with Crippen LogP contribution in [-0.4, -0.2) is 17.6 Å². The Morgan fingerprint density at radius 3 is 2.67 bits per heavy atom. The van der Waals surface area contributed by atoms with E-state index in [4.69, 9.17) is 4.74 Å². The first kappa shape index (κ1) is 17.2. The van der Waals surface area contributed by atoms with Crippen molar-refractivity contribution in [3.8, 4) is 0 Å². The van der Waals surface area contributed by atoms with Gasteiger partial charge in [-0.1, -0.05) is 54.6 Å². The molecule has 2 aromatic carbocycles. The second kappa shape index (κ2) is 8.47. The van der Waals surface area contributed by atoms with E-state index in [1.165, 1.54) is 0 Å². The molecule has 0 atom stereocenters. The molecule has 0 aliphatic rings. The molecule has 0 fully saturated rings. The van der Waals surface area contributed by atoms with Gasteiger partial charge in [0, 0.05) is 12.1 Å². The van der Waals surface area contributed by atoms with E-state index in [0.717, 1.165) is 5.56 Å². The van der Waals surface area contributed by atoms with Gasteiger partial charge in [0.2, 0.25) is 0 Å². The summed E-state index contributed by atoms with van der Waals surface area (Å²) in [5.41, 5.74) is 2.07. The van der Waals surface area contributed by atoms with Crippen LogP contribution < -0.4 is 5.32 Å². The van der Waals surface area contributed by atoms with Gasteiger partial charge in [-0.2, -0.15) is 0 Å². The van der Waals surface area contributed by atoms with Gasteiger partial charge in [-0.25, -0.2) is 4.79 Å². The molecule has 0 saturated heterocycles. The van der Waals surface area contributed by atoms with E-state index in [1.54, 1.807) is 37.3 Å². The predicted octanol–water partition coefficient (Wildman–Crippen LogP) is 3.84. The van der Waals surface area contributed by atoms with Gasteiger partial charge in [0.25, 0.3) is 5.69 Å². The minimum absolute atomic E-state index is 0.0698. The molecule has 1 N–H and O–H groups in total. The largest absolute Gasteiger partial charge is 0.445 e. The number of carbonyl (C=O) groups is 1. The number of alkyl carbamates (subject to hydrolysis) is 1. The van der Waals surface area contributed by atoms with Crippen LogP contribution in [0.5, 0.6) is 0 Å². The van der Waals surface area contributed by atoms with Crippen LogP contribution in [0, 0.1) is 17.0 Å². The summed E-state index contributed by atoms with van der Waals surface area (Å²) in [5.74, 6) is 0. The minimum atomic E-state index is -0.540. The highest BCUT2D eigenvalue weighted by atomic mass is 16.6. The van der Waals surface area contributed by atoms with Crippen molar-refractivity contribution in [2.75, 3.05) is 6.54 Å². The van der Waals surface area contributed by atoms with Crippen LogP contribution in [0.1, 0.15) is 16.7 Å². The van der Waals surface area contributed by atoms with Crippen LogP contribution in [-0.2, 0) is 11.3 Å². The third-order valence-corrected chi connectivity index (χ3v) is 3.33. The first-order valence-electron chi connectivity index (χ1n) is 7.43. The number of aryl methyl sites for hydroxylation is 1. The van der Waals surface area contributed by atoms with Crippen LogP contribution in [0.4, 0.5) is 10.5 Å². The van der Waals surface area contributed by atoms with E-state index in [-0.39, 0.29) is 18.8 Å². The monoisotopic (exact) mass is 326 g/mol. The molecule has 1 amide bonds. The number of carbonyl (C=O) groups excluding carboxylic acids is 1. The lowest BCUT2D eigenvalue weighted by Crippen LogP contribution is -2.24. The van der Waals surface area contributed by atoms with Crippen LogP contribution in [0.15, 0.2) is 54.6 Å². The number of nitrogens with zero attached hydrogens (tertiary/aromatic N) is 1. The SMILES string of the molecule is Cc1cccc(C=CCNC(=O)OCc2ccccc2)c1[N+](=O)[O-]. The predicted molar refractivity (Wildman–Crippen MR) is 91.5 cm³/mol. The van der Waals surface area contributed by atoms with Gasteiger partial charge in [0.05, 0.1) is 10.5 Å². The number of rotatable bonds is 6. The first-order chi connectivity index (χ1) is 11.6. The summed E-state index contributed by atoms with van der Waals surface area (Å²) in [6, 6.07) is 14.5. The molecule has 0 bridgehead atoms. The number of amides is 1. The number of nitro groups is 1. The number of nitrogens with one attached hydrogen (secondary N) is 1. The number of benzene rings is 2. The molecule has 0 aromatic heterocycles. The van der Waals surface area contributed by atoms with Crippen molar-refractivity contribution < 1.29 is 14.5 Å². The minimum Gasteiger partial charge on any atom is -0.445 e. The number of hydrogen-bond donors (Lipinski definition) is 1. The zero-order valence-electron chi connectivity index (χ0n) is 13.3. The van der Waals surface area contributed by atoms with Crippen molar-refractivity contribution in [1.82, 2.24) is 5.32 Å². The first-order valence-corrected chi connectivity index (χ1v) is 7.43. The lowest BCUT2D eigenvalue weighted by Gasteiger charge is -2.05. The standard InChI is InChI=1S/C18H18N2O4/c1-14-7-5-10-16(17(14)20(22)23)11-6-12-19-18(21)24-13-15-8-3-2-4-9-15/h2-11H,12-13H2,1H3,(H,19,21). The molecular formula is C18H18N2O4. The summed E-state index contributed by atoms with van der Waals surface area (Å²) in [7, 11) is 0. The van der Waals surface area contributed by atoms with Crippen LogP contribution >= 0.6 is 0 Å². The Morgan fingerprint density at radius 2 is 1.96 bits per heavy atom. The van der Waals surface area contributed by atoms with E-state index in [1.807, 2.05) is 30.3 Å². The van der Waals surface area contributed by atoms with Gasteiger partial charge in [0.1, 0.15) is 6.61 Å². The van der Waals surface area contributed by atoms with E-state index in [2.05, 4.69) is 5.32 Å². The maximum Gasteiger partial charge on any atom is 0.407 e. The highest BCUT2D eigenvalue weighted by Gasteiger charge is 2.14. The fourth-order valence-electron chi connectivity index (χ4n) is 2.17. The Bertz CT molecular complexity index is 742. The zero-order valence-corrected chi connectivity index (χ0v) is 13.3. The fraction of sp³-hybridized carbons (Fsp3) is 0.167. The topological polar surface area (TPSA) is 81.5 Å². The Morgan fingerprint density at radius 1 is 1.21 bits per heavy atom. The molecule has 0 unspecified atom stereocenters. The number of para-hydroxylation sites is 1. The second-order valence-electron chi connectivity index (χ2n) is 5.11. The molecule has 124 valence electrons. The van der Waals surface area contributed by atoms with E-state index < -0.39 is 11.0 Å². The third-order valence-electron chi connectivity index (χ3n) is 3.33. The Kier molecular flexibility index (Phi) is 6.08. The molecular weight excluding hydrogens is 308 g/mol. The molecule has 0 aliphatic heterocycles. The van der Waals surface area contributed by atoms with Crippen molar-refractivity contribution in [2.24, 2.45) is 0 Å².